The van der Waals surface area contributed by atoms with Crippen LogP contribution in [0.15, 0.2) is 12.1 Å². The van der Waals surface area contributed by atoms with E-state index in [0.29, 0.717) is 19.1 Å². The summed E-state index contributed by atoms with van der Waals surface area (Å²) in [7, 11) is 0. The van der Waals surface area contributed by atoms with E-state index in [2.05, 4.69) is 6.92 Å². The van der Waals surface area contributed by atoms with Gasteiger partial charge in [0.2, 0.25) is 0 Å². The van der Waals surface area contributed by atoms with Crippen molar-refractivity contribution in [2.75, 3.05) is 13.2 Å². The minimum Gasteiger partial charge on any atom is -0.493 e. The number of alkyl halides is 2. The molecule has 0 aromatic heterocycles. The van der Waals surface area contributed by atoms with Crippen LogP contribution < -0.4 is 4.74 Å². The van der Waals surface area contributed by atoms with Gasteiger partial charge in [0.05, 0.1) is 18.8 Å². The molecule has 1 aromatic carbocycles. The van der Waals surface area contributed by atoms with Crippen molar-refractivity contribution in [2.24, 2.45) is 23.7 Å². The van der Waals surface area contributed by atoms with Gasteiger partial charge >= 0.3 is 0 Å². The van der Waals surface area contributed by atoms with Crippen molar-refractivity contribution in [1.29, 1.82) is 0 Å². The van der Waals surface area contributed by atoms with E-state index in [9.17, 15) is 13.2 Å². The third-order valence-corrected chi connectivity index (χ3v) is 7.69. The molecule has 0 bridgehead atoms. The van der Waals surface area contributed by atoms with Crippen molar-refractivity contribution in [3.8, 4) is 5.75 Å². The zero-order chi connectivity index (χ0) is 21.1. The summed E-state index contributed by atoms with van der Waals surface area (Å²) in [5.74, 6) is 2.12. The Labute approximate surface area is 178 Å². The van der Waals surface area contributed by atoms with E-state index in [4.69, 9.17) is 9.47 Å². The van der Waals surface area contributed by atoms with Gasteiger partial charge < -0.3 is 9.47 Å². The smallest absolute Gasteiger partial charge is 0.270 e. The zero-order valence-electron chi connectivity index (χ0n) is 18.1. The first-order chi connectivity index (χ1) is 14.6. The lowest BCUT2D eigenvalue weighted by molar-refractivity contribution is 0.114. The standard InChI is InChI=1S/C25H35F3O2/c1-2-3-16-4-8-18(9-5-16)19-10-6-17(7-11-19)14-29-21-13-12-20(22-15-30-22)24(26)23(21)25(27)28/h12-13,16-19,22,25H,2-11,14-15H2,1H3. The topological polar surface area (TPSA) is 21.8 Å². The predicted molar refractivity (Wildman–Crippen MR) is 111 cm³/mol. The van der Waals surface area contributed by atoms with Gasteiger partial charge in [-0.25, -0.2) is 13.2 Å². The van der Waals surface area contributed by atoms with E-state index >= 15 is 0 Å². The van der Waals surface area contributed by atoms with E-state index in [0.717, 1.165) is 30.6 Å². The molecule has 4 rings (SSSR count). The van der Waals surface area contributed by atoms with Crippen LogP contribution in [0.25, 0.3) is 0 Å². The lowest BCUT2D eigenvalue weighted by atomic mass is 9.69. The summed E-state index contributed by atoms with van der Waals surface area (Å²) >= 11 is 0. The molecule has 0 amide bonds. The Morgan fingerprint density at radius 2 is 1.57 bits per heavy atom. The molecule has 1 aliphatic heterocycles. The molecule has 0 radical (unpaired) electrons. The molecule has 5 heteroatoms. The van der Waals surface area contributed by atoms with Gasteiger partial charge in [0.1, 0.15) is 17.7 Å². The fraction of sp³-hybridized carbons (Fsp3) is 0.760. The molecule has 1 atom stereocenters. The number of rotatable bonds is 8. The predicted octanol–water partition coefficient (Wildman–Crippen LogP) is 7.63. The van der Waals surface area contributed by atoms with Crippen LogP contribution in [-0.2, 0) is 4.74 Å². The molecule has 1 unspecified atom stereocenters. The summed E-state index contributed by atoms with van der Waals surface area (Å²) < 4.78 is 52.3. The second kappa shape index (κ2) is 9.93. The molecule has 2 aliphatic carbocycles. The van der Waals surface area contributed by atoms with Gasteiger partial charge in [0.25, 0.3) is 6.43 Å². The number of epoxide rings is 1. The maximum atomic E-state index is 14.5. The fourth-order valence-electron chi connectivity index (χ4n) is 5.79. The number of benzene rings is 1. The van der Waals surface area contributed by atoms with Crippen LogP contribution in [0.4, 0.5) is 13.2 Å². The second-order valence-corrected chi connectivity index (χ2v) is 9.66. The number of hydrogen-bond acceptors (Lipinski definition) is 2. The van der Waals surface area contributed by atoms with Gasteiger partial charge in [-0.15, -0.1) is 0 Å². The minimum absolute atomic E-state index is 0.0109. The van der Waals surface area contributed by atoms with E-state index < -0.39 is 17.8 Å². The molecule has 3 fully saturated rings. The van der Waals surface area contributed by atoms with Crippen molar-refractivity contribution < 1.29 is 22.6 Å². The first-order valence-corrected chi connectivity index (χ1v) is 11.9. The first-order valence-electron chi connectivity index (χ1n) is 11.9. The van der Waals surface area contributed by atoms with Crippen molar-refractivity contribution in [3.05, 3.63) is 29.1 Å². The van der Waals surface area contributed by atoms with E-state index in [1.165, 1.54) is 63.5 Å². The normalized spacial score (nSPS) is 31.7. The average Bonchev–Trinajstić information content (AvgIpc) is 3.58. The molecule has 1 heterocycles. The highest BCUT2D eigenvalue weighted by Crippen LogP contribution is 2.43. The van der Waals surface area contributed by atoms with Crippen LogP contribution in [0.3, 0.4) is 0 Å². The average molecular weight is 425 g/mol. The van der Waals surface area contributed by atoms with Crippen LogP contribution in [0.5, 0.6) is 5.75 Å². The highest BCUT2D eigenvalue weighted by Gasteiger charge is 2.33. The molecule has 1 saturated heterocycles. The van der Waals surface area contributed by atoms with E-state index in [-0.39, 0.29) is 17.4 Å². The van der Waals surface area contributed by atoms with Gasteiger partial charge in [-0.05, 0) is 74.3 Å². The highest BCUT2D eigenvalue weighted by molar-refractivity contribution is 5.41. The molecule has 3 aliphatic rings. The lowest BCUT2D eigenvalue weighted by Crippen LogP contribution is -2.27. The molecule has 0 spiro atoms. The molecular formula is C25H35F3O2. The van der Waals surface area contributed by atoms with Crippen molar-refractivity contribution in [3.63, 3.8) is 0 Å². The second-order valence-electron chi connectivity index (χ2n) is 9.66. The summed E-state index contributed by atoms with van der Waals surface area (Å²) in [5, 5.41) is 0. The summed E-state index contributed by atoms with van der Waals surface area (Å²) in [6, 6.07) is 3.02. The number of ether oxygens (including phenoxy) is 2. The number of hydrogen-bond donors (Lipinski definition) is 0. The third-order valence-electron chi connectivity index (χ3n) is 7.69. The Morgan fingerprint density at radius 1 is 0.967 bits per heavy atom. The molecule has 2 saturated carbocycles. The van der Waals surface area contributed by atoms with Gasteiger partial charge in [0.15, 0.2) is 0 Å². The lowest BCUT2D eigenvalue weighted by Gasteiger charge is -2.37. The fourth-order valence-corrected chi connectivity index (χ4v) is 5.79. The van der Waals surface area contributed by atoms with Crippen LogP contribution >= 0.6 is 0 Å². The van der Waals surface area contributed by atoms with E-state index in [1.54, 1.807) is 0 Å². The van der Waals surface area contributed by atoms with Crippen molar-refractivity contribution in [1.82, 2.24) is 0 Å². The Morgan fingerprint density at radius 3 is 2.10 bits per heavy atom. The minimum atomic E-state index is -2.89. The summed E-state index contributed by atoms with van der Waals surface area (Å²) in [5.41, 5.74) is -0.396. The van der Waals surface area contributed by atoms with Gasteiger partial charge in [-0.2, -0.15) is 0 Å². The highest BCUT2D eigenvalue weighted by atomic mass is 19.3. The summed E-state index contributed by atoms with van der Waals surface area (Å²) in [6.45, 7) is 3.07. The van der Waals surface area contributed by atoms with Crippen molar-refractivity contribution in [2.45, 2.75) is 83.7 Å². The Hall–Kier alpha value is -1.23. The zero-order valence-corrected chi connectivity index (χ0v) is 18.1. The van der Waals surface area contributed by atoms with Crippen LogP contribution in [-0.4, -0.2) is 13.2 Å². The van der Waals surface area contributed by atoms with Crippen LogP contribution in [0, 0.1) is 29.5 Å². The number of halogens is 3. The van der Waals surface area contributed by atoms with Gasteiger partial charge in [0, 0.05) is 5.56 Å². The van der Waals surface area contributed by atoms with Gasteiger partial charge in [-0.3, -0.25) is 0 Å². The summed E-state index contributed by atoms with van der Waals surface area (Å²) in [4.78, 5) is 0. The largest absolute Gasteiger partial charge is 0.493 e. The molecule has 0 N–H and O–H groups in total. The first kappa shape index (κ1) is 22.0. The maximum absolute atomic E-state index is 14.5. The molecule has 30 heavy (non-hydrogen) atoms. The Balaban J connectivity index is 1.27. The van der Waals surface area contributed by atoms with Crippen LogP contribution in [0.2, 0.25) is 0 Å². The third kappa shape index (κ3) is 5.15. The monoisotopic (exact) mass is 424 g/mol. The summed E-state index contributed by atoms with van der Waals surface area (Å²) in [6.07, 6.45) is 9.55. The molecule has 168 valence electrons. The van der Waals surface area contributed by atoms with Crippen molar-refractivity contribution >= 4 is 0 Å². The Kier molecular flexibility index (Phi) is 7.28. The molecular weight excluding hydrogens is 389 g/mol. The molecule has 1 aromatic rings. The molecule has 2 nitrogen and oxygen atoms in total. The van der Waals surface area contributed by atoms with Gasteiger partial charge in [-0.1, -0.05) is 32.6 Å². The SMILES string of the molecule is CCCC1CCC(C2CCC(COc3ccc(C4CO4)c(F)c3C(F)F)CC2)CC1. The maximum Gasteiger partial charge on any atom is 0.270 e. The van der Waals surface area contributed by atoms with Crippen LogP contribution in [0.1, 0.15) is 94.8 Å². The Bertz CT molecular complexity index is 688. The van der Waals surface area contributed by atoms with E-state index in [1.807, 2.05) is 0 Å². The quantitative estimate of drug-likeness (QED) is 0.400.